The Morgan fingerprint density at radius 1 is 1.26 bits per heavy atom. The van der Waals surface area contributed by atoms with E-state index in [9.17, 15) is 9.59 Å². The van der Waals surface area contributed by atoms with E-state index in [0.29, 0.717) is 5.89 Å². The van der Waals surface area contributed by atoms with Crippen molar-refractivity contribution in [1.82, 2.24) is 15.5 Å². The smallest absolute Gasteiger partial charge is 0.318 e. The summed E-state index contributed by atoms with van der Waals surface area (Å²) in [4.78, 5) is 21.6. The molecule has 7 nitrogen and oxygen atoms in total. The molecule has 0 radical (unpaired) electrons. The van der Waals surface area contributed by atoms with Gasteiger partial charge < -0.3 is 10.2 Å². The van der Waals surface area contributed by atoms with E-state index in [0.717, 1.165) is 17.3 Å². The van der Waals surface area contributed by atoms with Gasteiger partial charge in [0.2, 0.25) is 11.8 Å². The maximum atomic E-state index is 11.2. The number of amides is 3. The third-order valence-corrected chi connectivity index (χ3v) is 2.84. The van der Waals surface area contributed by atoms with Gasteiger partial charge in [-0.15, -0.1) is 10.2 Å². The molecule has 0 spiro atoms. The highest BCUT2D eigenvalue weighted by molar-refractivity contribution is 7.99. The van der Waals surface area contributed by atoms with Gasteiger partial charge in [-0.3, -0.25) is 10.1 Å². The van der Waals surface area contributed by atoms with E-state index in [2.05, 4.69) is 10.2 Å². The number of nitrogens with zero attached hydrogens (tertiary/aromatic N) is 2. The van der Waals surface area contributed by atoms with Crippen molar-refractivity contribution < 1.29 is 14.0 Å². The number of carbonyl (C=O) groups is 2. The second-order valence-electron chi connectivity index (χ2n) is 3.44. The molecular formula is C11H10N4O3S. The van der Waals surface area contributed by atoms with E-state index in [4.69, 9.17) is 10.2 Å². The van der Waals surface area contributed by atoms with Crippen LogP contribution in [0.5, 0.6) is 0 Å². The van der Waals surface area contributed by atoms with Gasteiger partial charge in [-0.25, -0.2) is 4.79 Å². The van der Waals surface area contributed by atoms with Gasteiger partial charge in [-0.05, 0) is 12.1 Å². The Morgan fingerprint density at radius 2 is 2.00 bits per heavy atom. The third kappa shape index (κ3) is 3.81. The lowest BCUT2D eigenvalue weighted by Gasteiger charge is -1.97. The molecule has 2 rings (SSSR count). The lowest BCUT2D eigenvalue weighted by atomic mass is 10.2. The number of urea groups is 1. The summed E-state index contributed by atoms with van der Waals surface area (Å²) < 4.78 is 5.37. The SMILES string of the molecule is NC(=O)NC(=O)CSc1nnc(-c2ccccc2)o1. The van der Waals surface area contributed by atoms with Crippen LogP contribution < -0.4 is 11.1 Å². The van der Waals surface area contributed by atoms with Crippen molar-refractivity contribution in [2.75, 3.05) is 5.75 Å². The van der Waals surface area contributed by atoms with Crippen molar-refractivity contribution in [3.05, 3.63) is 30.3 Å². The molecule has 0 saturated carbocycles. The van der Waals surface area contributed by atoms with Gasteiger partial charge in [0, 0.05) is 5.56 Å². The van der Waals surface area contributed by atoms with Crippen molar-refractivity contribution >= 4 is 23.7 Å². The minimum atomic E-state index is -0.888. The molecule has 0 aliphatic heterocycles. The second kappa shape index (κ2) is 6.01. The largest absolute Gasteiger partial charge is 0.411 e. The molecule has 1 heterocycles. The van der Waals surface area contributed by atoms with E-state index < -0.39 is 11.9 Å². The molecule has 1 aromatic carbocycles. The first kappa shape index (κ1) is 13.1. The Labute approximate surface area is 112 Å². The Kier molecular flexibility index (Phi) is 4.14. The summed E-state index contributed by atoms with van der Waals surface area (Å²) in [7, 11) is 0. The first-order chi connectivity index (χ1) is 9.15. The highest BCUT2D eigenvalue weighted by Gasteiger charge is 2.11. The summed E-state index contributed by atoms with van der Waals surface area (Å²) in [6.45, 7) is 0. The van der Waals surface area contributed by atoms with Gasteiger partial charge >= 0.3 is 6.03 Å². The van der Waals surface area contributed by atoms with Gasteiger partial charge in [0.1, 0.15) is 0 Å². The summed E-state index contributed by atoms with van der Waals surface area (Å²) in [6.07, 6.45) is 0. The number of rotatable bonds is 4. The van der Waals surface area contributed by atoms with E-state index in [1.807, 2.05) is 35.6 Å². The number of hydrogen-bond donors (Lipinski definition) is 2. The minimum Gasteiger partial charge on any atom is -0.411 e. The number of carbonyl (C=O) groups excluding carboxylic acids is 2. The van der Waals surface area contributed by atoms with E-state index in [1.165, 1.54) is 0 Å². The fourth-order valence-corrected chi connectivity index (χ4v) is 1.83. The topological polar surface area (TPSA) is 111 Å². The number of benzene rings is 1. The number of imide groups is 1. The number of hydrogen-bond acceptors (Lipinski definition) is 6. The summed E-state index contributed by atoms with van der Waals surface area (Å²) in [5.74, 6) is -0.172. The average Bonchev–Trinajstić information content (AvgIpc) is 2.85. The molecule has 0 saturated heterocycles. The van der Waals surface area contributed by atoms with Gasteiger partial charge in [0.25, 0.3) is 5.22 Å². The maximum Gasteiger partial charge on any atom is 0.318 e. The molecule has 0 bridgehead atoms. The van der Waals surface area contributed by atoms with Gasteiger partial charge in [0.05, 0.1) is 5.75 Å². The molecule has 0 atom stereocenters. The first-order valence-corrected chi connectivity index (χ1v) is 6.25. The molecule has 8 heteroatoms. The summed E-state index contributed by atoms with van der Waals surface area (Å²) in [6, 6.07) is 8.37. The van der Waals surface area contributed by atoms with Gasteiger partial charge in [-0.2, -0.15) is 0 Å². The van der Waals surface area contributed by atoms with Crippen LogP contribution in [0.15, 0.2) is 40.0 Å². The number of primary amides is 1. The lowest BCUT2D eigenvalue weighted by Crippen LogP contribution is -2.36. The van der Waals surface area contributed by atoms with Crippen LogP contribution in [-0.4, -0.2) is 27.9 Å². The van der Waals surface area contributed by atoms with Crippen molar-refractivity contribution in [2.24, 2.45) is 5.73 Å². The summed E-state index contributed by atoms with van der Waals surface area (Å²) >= 11 is 1.03. The molecule has 0 aliphatic rings. The van der Waals surface area contributed by atoms with E-state index in [-0.39, 0.29) is 11.0 Å². The fraction of sp³-hybridized carbons (Fsp3) is 0.0909. The Morgan fingerprint density at radius 3 is 2.68 bits per heavy atom. The monoisotopic (exact) mass is 278 g/mol. The standard InChI is InChI=1S/C11H10N4O3S/c12-10(17)13-8(16)6-19-11-15-14-9(18-11)7-4-2-1-3-5-7/h1-5H,6H2,(H3,12,13,16,17). The van der Waals surface area contributed by atoms with Crippen LogP contribution in [0.1, 0.15) is 0 Å². The normalized spacial score (nSPS) is 10.1. The van der Waals surface area contributed by atoms with Crippen LogP contribution in [0.25, 0.3) is 11.5 Å². The number of nitrogens with two attached hydrogens (primary N) is 1. The van der Waals surface area contributed by atoms with Crippen LogP contribution in [0.4, 0.5) is 4.79 Å². The average molecular weight is 278 g/mol. The van der Waals surface area contributed by atoms with Crippen LogP contribution >= 0.6 is 11.8 Å². The van der Waals surface area contributed by atoms with Crippen molar-refractivity contribution in [2.45, 2.75) is 5.22 Å². The summed E-state index contributed by atoms with van der Waals surface area (Å²) in [5.41, 5.74) is 5.61. The van der Waals surface area contributed by atoms with E-state index in [1.54, 1.807) is 0 Å². The Bertz CT molecular complexity index is 585. The third-order valence-electron chi connectivity index (χ3n) is 2.02. The zero-order valence-corrected chi connectivity index (χ0v) is 10.5. The zero-order chi connectivity index (χ0) is 13.7. The van der Waals surface area contributed by atoms with Crippen LogP contribution in [-0.2, 0) is 4.79 Å². The fourth-order valence-electron chi connectivity index (χ4n) is 1.27. The highest BCUT2D eigenvalue weighted by atomic mass is 32.2. The molecular weight excluding hydrogens is 268 g/mol. The lowest BCUT2D eigenvalue weighted by molar-refractivity contribution is -0.117. The predicted molar refractivity (Wildman–Crippen MR) is 68.2 cm³/mol. The molecule has 98 valence electrons. The molecule has 2 aromatic rings. The van der Waals surface area contributed by atoms with Crippen molar-refractivity contribution in [3.8, 4) is 11.5 Å². The zero-order valence-electron chi connectivity index (χ0n) is 9.70. The molecule has 0 aliphatic carbocycles. The number of thioether (sulfide) groups is 1. The molecule has 3 N–H and O–H groups in total. The summed E-state index contributed by atoms with van der Waals surface area (Å²) in [5, 5.41) is 9.85. The maximum absolute atomic E-state index is 11.2. The van der Waals surface area contributed by atoms with Crippen LogP contribution in [0, 0.1) is 0 Å². The van der Waals surface area contributed by atoms with Crippen molar-refractivity contribution in [1.29, 1.82) is 0 Å². The molecule has 0 unspecified atom stereocenters. The Balaban J connectivity index is 1.95. The first-order valence-electron chi connectivity index (χ1n) is 5.26. The predicted octanol–water partition coefficient (Wildman–Crippen LogP) is 1.02. The quantitative estimate of drug-likeness (QED) is 0.808. The van der Waals surface area contributed by atoms with Gasteiger partial charge in [0.15, 0.2) is 0 Å². The molecule has 0 fully saturated rings. The Hall–Kier alpha value is -2.35. The number of nitrogens with one attached hydrogen (secondary N) is 1. The van der Waals surface area contributed by atoms with Crippen LogP contribution in [0.2, 0.25) is 0 Å². The molecule has 3 amide bonds. The van der Waals surface area contributed by atoms with Crippen molar-refractivity contribution in [3.63, 3.8) is 0 Å². The second-order valence-corrected chi connectivity index (χ2v) is 4.37. The van der Waals surface area contributed by atoms with Gasteiger partial charge in [-0.1, -0.05) is 30.0 Å². The number of aromatic nitrogens is 2. The molecule has 19 heavy (non-hydrogen) atoms. The minimum absolute atomic E-state index is 0.0284. The van der Waals surface area contributed by atoms with Crippen LogP contribution in [0.3, 0.4) is 0 Å². The molecule has 1 aromatic heterocycles. The van der Waals surface area contributed by atoms with E-state index >= 15 is 0 Å². The highest BCUT2D eigenvalue weighted by Crippen LogP contribution is 2.22.